The van der Waals surface area contributed by atoms with Gasteiger partial charge in [0.15, 0.2) is 0 Å². The molecule has 1 fully saturated rings. The van der Waals surface area contributed by atoms with Crippen molar-refractivity contribution in [2.24, 2.45) is 5.10 Å². The molecule has 1 aromatic heterocycles. The number of aromatic nitrogens is 1. The maximum atomic E-state index is 12.6. The molecule has 1 atom stereocenters. The maximum Gasteiger partial charge on any atom is 0.346 e. The molecule has 1 aliphatic heterocycles. The highest BCUT2D eigenvalue weighted by atomic mass is 16.2. The van der Waals surface area contributed by atoms with Crippen molar-refractivity contribution in [3.05, 3.63) is 66.0 Å². The van der Waals surface area contributed by atoms with E-state index in [-0.39, 0.29) is 0 Å². The molecule has 3 rings (SSSR count). The maximum absolute atomic E-state index is 12.6. The van der Waals surface area contributed by atoms with Gasteiger partial charge in [-0.3, -0.25) is 9.78 Å². The van der Waals surface area contributed by atoms with E-state index in [4.69, 9.17) is 0 Å². The number of carbonyl (C=O) groups is 2. The van der Waals surface area contributed by atoms with Crippen molar-refractivity contribution < 1.29 is 9.59 Å². The Morgan fingerprint density at radius 1 is 1.14 bits per heavy atom. The minimum absolute atomic E-state index is 0.420. The van der Waals surface area contributed by atoms with Crippen molar-refractivity contribution in [3.8, 4) is 0 Å². The number of urea groups is 1. The summed E-state index contributed by atoms with van der Waals surface area (Å²) < 4.78 is 0. The van der Waals surface area contributed by atoms with Gasteiger partial charge >= 0.3 is 6.03 Å². The number of nitrogens with zero attached hydrogens (tertiary/aromatic N) is 3. The molecule has 1 aromatic carbocycles. The lowest BCUT2D eigenvalue weighted by Gasteiger charge is -2.20. The van der Waals surface area contributed by atoms with Crippen molar-refractivity contribution in [3.63, 3.8) is 0 Å². The minimum Gasteiger partial charge on any atom is -0.318 e. The lowest BCUT2D eigenvalue weighted by molar-refractivity contribution is -0.131. The van der Waals surface area contributed by atoms with Crippen molar-refractivity contribution in [2.75, 3.05) is 0 Å². The number of pyridine rings is 1. The van der Waals surface area contributed by atoms with E-state index in [1.165, 1.54) is 6.21 Å². The molecule has 0 saturated carbocycles. The highest BCUT2D eigenvalue weighted by Crippen LogP contribution is 2.28. The van der Waals surface area contributed by atoms with E-state index in [9.17, 15) is 9.59 Å². The Kier molecular flexibility index (Phi) is 3.42. The van der Waals surface area contributed by atoms with Crippen molar-refractivity contribution >= 4 is 18.2 Å². The average molecular weight is 294 g/mol. The van der Waals surface area contributed by atoms with E-state index in [0.717, 1.165) is 5.01 Å². The second-order valence-electron chi connectivity index (χ2n) is 5.04. The number of hydrogen-bond acceptors (Lipinski definition) is 4. The van der Waals surface area contributed by atoms with E-state index < -0.39 is 17.5 Å². The first kappa shape index (κ1) is 13.9. The second-order valence-corrected chi connectivity index (χ2v) is 5.04. The molecule has 0 aliphatic carbocycles. The molecule has 3 amide bonds. The smallest absolute Gasteiger partial charge is 0.318 e. The Morgan fingerprint density at radius 2 is 1.86 bits per heavy atom. The lowest BCUT2D eigenvalue weighted by atomic mass is 9.92. The summed E-state index contributed by atoms with van der Waals surface area (Å²) in [6.45, 7) is 1.67. The quantitative estimate of drug-likeness (QED) is 0.694. The lowest BCUT2D eigenvalue weighted by Crippen LogP contribution is -2.40. The number of rotatable bonds is 3. The van der Waals surface area contributed by atoms with E-state index >= 15 is 0 Å². The van der Waals surface area contributed by atoms with Gasteiger partial charge in [-0.05, 0) is 24.6 Å². The summed E-state index contributed by atoms with van der Waals surface area (Å²) in [5.41, 5.74) is 0.167. The van der Waals surface area contributed by atoms with Crippen molar-refractivity contribution in [1.82, 2.24) is 15.3 Å². The molecule has 2 heterocycles. The number of nitrogens with one attached hydrogen (secondary N) is 1. The first-order valence-corrected chi connectivity index (χ1v) is 6.78. The fourth-order valence-electron chi connectivity index (χ4n) is 2.27. The van der Waals surface area contributed by atoms with Crippen LogP contribution in [-0.2, 0) is 10.3 Å². The molecule has 6 nitrogen and oxygen atoms in total. The van der Waals surface area contributed by atoms with Crippen molar-refractivity contribution in [2.45, 2.75) is 12.5 Å². The van der Waals surface area contributed by atoms with Crippen LogP contribution >= 0.6 is 0 Å². The molecule has 0 spiro atoms. The van der Waals surface area contributed by atoms with Gasteiger partial charge < -0.3 is 5.32 Å². The first-order valence-electron chi connectivity index (χ1n) is 6.78. The van der Waals surface area contributed by atoms with Gasteiger partial charge in [0.25, 0.3) is 5.91 Å². The van der Waals surface area contributed by atoms with Crippen LogP contribution in [0.2, 0.25) is 0 Å². The van der Waals surface area contributed by atoms with Gasteiger partial charge in [-0.15, -0.1) is 5.01 Å². The zero-order chi connectivity index (χ0) is 15.6. The van der Waals surface area contributed by atoms with Gasteiger partial charge in [-0.1, -0.05) is 36.4 Å². The standard InChI is InChI=1S/C16H14N4O2/c1-16(12-7-3-2-4-8-12)14(21)20(15(22)19-16)18-11-13-9-5-6-10-17-13/h2-11H,1H3,(H,19,22)/b18-11-/t16-/m0/s1. The molecule has 0 radical (unpaired) electrons. The molecule has 6 heteroatoms. The van der Waals surface area contributed by atoms with Crippen LogP contribution < -0.4 is 5.32 Å². The third-order valence-corrected chi connectivity index (χ3v) is 3.51. The summed E-state index contributed by atoms with van der Waals surface area (Å²) >= 11 is 0. The monoisotopic (exact) mass is 294 g/mol. The summed E-state index contributed by atoms with van der Waals surface area (Å²) in [7, 11) is 0. The van der Waals surface area contributed by atoms with E-state index in [0.29, 0.717) is 11.3 Å². The van der Waals surface area contributed by atoms with Gasteiger partial charge in [0.2, 0.25) is 0 Å². The number of hydrogen-bond donors (Lipinski definition) is 1. The molecule has 1 N–H and O–H groups in total. The number of carbonyl (C=O) groups excluding carboxylic acids is 2. The fourth-order valence-corrected chi connectivity index (χ4v) is 2.27. The third kappa shape index (κ3) is 2.35. The van der Waals surface area contributed by atoms with Crippen LogP contribution in [0, 0.1) is 0 Å². The second kappa shape index (κ2) is 5.40. The highest BCUT2D eigenvalue weighted by Gasteiger charge is 2.49. The number of benzene rings is 1. The minimum atomic E-state index is -1.11. The number of amides is 3. The molecule has 1 aliphatic rings. The van der Waals surface area contributed by atoms with Gasteiger partial charge in [0.05, 0.1) is 11.9 Å². The predicted molar refractivity (Wildman–Crippen MR) is 81.0 cm³/mol. The Bertz CT molecular complexity index is 730. The molecule has 110 valence electrons. The Labute approximate surface area is 127 Å². The SMILES string of the molecule is C[C@@]1(c2ccccc2)NC(=O)N(/N=C\c2ccccn2)C1=O. The van der Waals surface area contributed by atoms with Crippen molar-refractivity contribution in [1.29, 1.82) is 0 Å². The summed E-state index contributed by atoms with van der Waals surface area (Å²) in [5.74, 6) is -0.420. The van der Waals surface area contributed by atoms with Crippen LogP contribution in [0.5, 0.6) is 0 Å². The third-order valence-electron chi connectivity index (χ3n) is 3.51. The largest absolute Gasteiger partial charge is 0.346 e. The van der Waals surface area contributed by atoms with Crippen LogP contribution in [0.3, 0.4) is 0 Å². The van der Waals surface area contributed by atoms with Crippen LogP contribution in [0.1, 0.15) is 18.2 Å². The summed E-state index contributed by atoms with van der Waals surface area (Å²) in [5, 5.41) is 7.48. The zero-order valence-corrected chi connectivity index (χ0v) is 11.9. The molecule has 1 saturated heterocycles. The zero-order valence-electron chi connectivity index (χ0n) is 11.9. The average Bonchev–Trinajstić information content (AvgIpc) is 2.78. The summed E-state index contributed by atoms with van der Waals surface area (Å²) in [4.78, 5) is 28.7. The molecule has 0 bridgehead atoms. The number of imide groups is 1. The molecular formula is C16H14N4O2. The molecule has 2 aromatic rings. The fraction of sp³-hybridized carbons (Fsp3) is 0.125. The Morgan fingerprint density at radius 3 is 2.55 bits per heavy atom. The van der Waals surface area contributed by atoms with Gasteiger partial charge in [0.1, 0.15) is 5.54 Å². The first-order chi connectivity index (χ1) is 10.6. The summed E-state index contributed by atoms with van der Waals surface area (Å²) in [6.07, 6.45) is 3.00. The van der Waals surface area contributed by atoms with Crippen LogP contribution in [0.4, 0.5) is 4.79 Å². The van der Waals surface area contributed by atoms with Gasteiger partial charge in [0, 0.05) is 6.20 Å². The topological polar surface area (TPSA) is 74.7 Å². The highest BCUT2D eigenvalue weighted by molar-refractivity contribution is 6.07. The van der Waals surface area contributed by atoms with Crippen LogP contribution in [0.15, 0.2) is 59.8 Å². The van der Waals surface area contributed by atoms with Gasteiger partial charge in [-0.2, -0.15) is 5.10 Å². The molecule has 0 unspecified atom stereocenters. The van der Waals surface area contributed by atoms with E-state index in [1.54, 1.807) is 43.5 Å². The summed E-state index contributed by atoms with van der Waals surface area (Å²) in [6, 6.07) is 13.8. The Hall–Kier alpha value is -3.02. The normalized spacial score (nSPS) is 21.4. The van der Waals surface area contributed by atoms with Crippen LogP contribution in [0.25, 0.3) is 0 Å². The Balaban J connectivity index is 1.88. The van der Waals surface area contributed by atoms with Gasteiger partial charge in [-0.25, -0.2) is 4.79 Å². The predicted octanol–water partition coefficient (Wildman–Crippen LogP) is 1.88. The van der Waals surface area contributed by atoms with Crippen LogP contribution in [-0.4, -0.2) is 28.1 Å². The molecule has 22 heavy (non-hydrogen) atoms. The molecular weight excluding hydrogens is 280 g/mol. The van der Waals surface area contributed by atoms with E-state index in [1.807, 2.05) is 18.2 Å². The van der Waals surface area contributed by atoms with E-state index in [2.05, 4.69) is 15.4 Å². The number of hydrazone groups is 1.